The molecule has 2 atom stereocenters. The van der Waals surface area contributed by atoms with Gasteiger partial charge in [0.25, 0.3) is 0 Å². The van der Waals surface area contributed by atoms with Crippen LogP contribution in [0.1, 0.15) is 39.7 Å². The van der Waals surface area contributed by atoms with Crippen LogP contribution in [0.4, 0.5) is 4.79 Å². The summed E-state index contributed by atoms with van der Waals surface area (Å²) in [5, 5.41) is 0. The van der Waals surface area contributed by atoms with E-state index in [0.29, 0.717) is 19.5 Å². The van der Waals surface area contributed by atoms with Crippen molar-refractivity contribution in [2.24, 2.45) is 11.8 Å². The molecule has 1 aromatic rings. The lowest BCUT2D eigenvalue weighted by Crippen LogP contribution is -2.47. The summed E-state index contributed by atoms with van der Waals surface area (Å²) in [6.45, 7) is 8.69. The van der Waals surface area contributed by atoms with Gasteiger partial charge in [-0.3, -0.25) is 4.79 Å². The first-order valence-electron chi connectivity index (χ1n) is 9.11. The third-order valence-electron chi connectivity index (χ3n) is 4.28. The number of nitrogens with zero attached hydrogens (tertiary/aromatic N) is 1. The molecule has 0 N–H and O–H groups in total. The Labute approximate surface area is 156 Å². The smallest absolute Gasteiger partial charge is 0.410 e. The fourth-order valence-corrected chi connectivity index (χ4v) is 3.04. The number of piperidine rings is 1. The molecule has 1 amide bonds. The van der Waals surface area contributed by atoms with Gasteiger partial charge in [-0.15, -0.1) is 0 Å². The van der Waals surface area contributed by atoms with E-state index < -0.39 is 5.60 Å². The highest BCUT2D eigenvalue weighted by molar-refractivity contribution is 5.74. The van der Waals surface area contributed by atoms with Crippen LogP contribution in [0.15, 0.2) is 42.5 Å². The summed E-state index contributed by atoms with van der Waals surface area (Å²) in [6, 6.07) is 9.64. The Morgan fingerprint density at radius 1 is 1.23 bits per heavy atom. The van der Waals surface area contributed by atoms with E-state index in [1.54, 1.807) is 4.90 Å². The minimum absolute atomic E-state index is 0.0652. The van der Waals surface area contributed by atoms with Crippen LogP contribution in [0.25, 0.3) is 0 Å². The van der Waals surface area contributed by atoms with Crippen molar-refractivity contribution in [1.29, 1.82) is 0 Å². The Kier molecular flexibility index (Phi) is 6.83. The maximum atomic E-state index is 12.6. The van der Waals surface area contributed by atoms with Crippen molar-refractivity contribution in [3.8, 4) is 0 Å². The first-order valence-corrected chi connectivity index (χ1v) is 9.11. The Morgan fingerprint density at radius 2 is 1.92 bits per heavy atom. The lowest BCUT2D eigenvalue weighted by atomic mass is 9.85. The standard InChI is InChI=1S/C21H29NO4/c1-5-9-17-14-22(20(24)26-21(2,3)4)13-12-18(17)19(23)25-15-16-10-7-6-8-11-16/h5-11,17-18H,12-15H2,1-4H3/b9-5+/t17-,18-/m0/s1. The lowest BCUT2D eigenvalue weighted by molar-refractivity contribution is -0.153. The van der Waals surface area contributed by atoms with Gasteiger partial charge in [-0.1, -0.05) is 42.5 Å². The van der Waals surface area contributed by atoms with Crippen LogP contribution in [0, 0.1) is 11.8 Å². The number of amides is 1. The van der Waals surface area contributed by atoms with Crippen LogP contribution in [-0.4, -0.2) is 35.7 Å². The zero-order chi connectivity index (χ0) is 19.2. The highest BCUT2D eigenvalue weighted by Crippen LogP contribution is 2.27. The number of esters is 1. The number of benzene rings is 1. The molecule has 1 aliphatic rings. The van der Waals surface area contributed by atoms with Crippen molar-refractivity contribution in [1.82, 2.24) is 4.90 Å². The Balaban J connectivity index is 1.97. The monoisotopic (exact) mass is 359 g/mol. The Morgan fingerprint density at radius 3 is 2.54 bits per heavy atom. The molecule has 0 radical (unpaired) electrons. The second-order valence-electron chi connectivity index (χ2n) is 7.60. The average molecular weight is 359 g/mol. The summed E-state index contributed by atoms with van der Waals surface area (Å²) in [5.74, 6) is -0.515. The molecule has 26 heavy (non-hydrogen) atoms. The fraction of sp³-hybridized carbons (Fsp3) is 0.524. The minimum Gasteiger partial charge on any atom is -0.461 e. The maximum Gasteiger partial charge on any atom is 0.410 e. The van der Waals surface area contributed by atoms with Gasteiger partial charge >= 0.3 is 12.1 Å². The third-order valence-corrected chi connectivity index (χ3v) is 4.28. The second-order valence-corrected chi connectivity index (χ2v) is 7.60. The average Bonchev–Trinajstić information content (AvgIpc) is 2.59. The van der Waals surface area contributed by atoms with Gasteiger partial charge in [-0.25, -0.2) is 4.79 Å². The normalized spacial score (nSPS) is 20.8. The summed E-state index contributed by atoms with van der Waals surface area (Å²) in [6.07, 6.45) is 4.14. The molecule has 1 saturated heterocycles. The zero-order valence-corrected chi connectivity index (χ0v) is 16.1. The molecule has 0 saturated carbocycles. The van der Waals surface area contributed by atoms with Crippen molar-refractivity contribution in [2.75, 3.05) is 13.1 Å². The molecule has 5 nitrogen and oxygen atoms in total. The van der Waals surface area contributed by atoms with E-state index in [4.69, 9.17) is 9.47 Å². The van der Waals surface area contributed by atoms with Crippen LogP contribution in [0.2, 0.25) is 0 Å². The van der Waals surface area contributed by atoms with Crippen LogP contribution in [0.3, 0.4) is 0 Å². The molecule has 1 aromatic carbocycles. The van der Waals surface area contributed by atoms with Crippen molar-refractivity contribution >= 4 is 12.1 Å². The predicted molar refractivity (Wildman–Crippen MR) is 100 cm³/mol. The van der Waals surface area contributed by atoms with E-state index >= 15 is 0 Å². The number of likely N-dealkylation sites (tertiary alicyclic amines) is 1. The van der Waals surface area contributed by atoms with Gasteiger partial charge in [0.05, 0.1) is 5.92 Å². The van der Waals surface area contributed by atoms with Gasteiger partial charge in [0.15, 0.2) is 0 Å². The molecule has 1 aliphatic heterocycles. The van der Waals surface area contributed by atoms with Gasteiger partial charge < -0.3 is 14.4 Å². The summed E-state index contributed by atoms with van der Waals surface area (Å²) in [4.78, 5) is 26.6. The van der Waals surface area contributed by atoms with Crippen LogP contribution < -0.4 is 0 Å². The quantitative estimate of drug-likeness (QED) is 0.598. The van der Waals surface area contributed by atoms with E-state index in [0.717, 1.165) is 5.56 Å². The van der Waals surface area contributed by atoms with E-state index in [9.17, 15) is 9.59 Å². The van der Waals surface area contributed by atoms with Crippen molar-refractivity contribution in [3.05, 3.63) is 48.0 Å². The largest absolute Gasteiger partial charge is 0.461 e. The molecule has 2 rings (SSSR count). The van der Waals surface area contributed by atoms with Gasteiger partial charge in [0.2, 0.25) is 0 Å². The molecular weight excluding hydrogens is 330 g/mol. The number of hydrogen-bond acceptors (Lipinski definition) is 4. The summed E-state index contributed by atoms with van der Waals surface area (Å²) in [5.41, 5.74) is 0.438. The van der Waals surface area contributed by atoms with E-state index in [2.05, 4.69) is 0 Å². The van der Waals surface area contributed by atoms with Crippen LogP contribution in [0.5, 0.6) is 0 Å². The summed E-state index contributed by atoms with van der Waals surface area (Å²) >= 11 is 0. The molecule has 142 valence electrons. The van der Waals surface area contributed by atoms with Gasteiger partial charge in [-0.2, -0.15) is 0 Å². The Bertz CT molecular complexity index is 633. The highest BCUT2D eigenvalue weighted by atomic mass is 16.6. The molecule has 1 heterocycles. The fourth-order valence-electron chi connectivity index (χ4n) is 3.04. The topological polar surface area (TPSA) is 55.8 Å². The molecular formula is C21H29NO4. The van der Waals surface area contributed by atoms with Crippen LogP contribution in [-0.2, 0) is 20.9 Å². The number of allylic oxidation sites excluding steroid dienone is 1. The summed E-state index contributed by atoms with van der Waals surface area (Å²) < 4.78 is 11.0. The zero-order valence-electron chi connectivity index (χ0n) is 16.1. The van der Waals surface area contributed by atoms with Crippen molar-refractivity contribution in [3.63, 3.8) is 0 Å². The molecule has 0 aliphatic carbocycles. The Hall–Kier alpha value is -2.30. The van der Waals surface area contributed by atoms with Crippen molar-refractivity contribution < 1.29 is 19.1 Å². The number of ether oxygens (including phenoxy) is 2. The first kappa shape index (κ1) is 20.0. The van der Waals surface area contributed by atoms with E-state index in [-0.39, 0.29) is 30.5 Å². The number of carbonyl (C=O) groups is 2. The molecule has 5 heteroatoms. The maximum absolute atomic E-state index is 12.6. The van der Waals surface area contributed by atoms with Crippen molar-refractivity contribution in [2.45, 2.75) is 46.3 Å². The van der Waals surface area contributed by atoms with E-state index in [1.807, 2.05) is 70.2 Å². The summed E-state index contributed by atoms with van der Waals surface area (Å²) in [7, 11) is 0. The minimum atomic E-state index is -0.529. The lowest BCUT2D eigenvalue weighted by Gasteiger charge is -2.36. The predicted octanol–water partition coefficient (Wildman–Crippen LogP) is 4.18. The first-order chi connectivity index (χ1) is 12.3. The van der Waals surface area contributed by atoms with Gasteiger partial charge in [-0.05, 0) is 39.7 Å². The molecule has 0 spiro atoms. The van der Waals surface area contributed by atoms with Gasteiger partial charge in [0, 0.05) is 19.0 Å². The second kappa shape index (κ2) is 8.88. The third kappa shape index (κ3) is 5.90. The molecule has 0 aromatic heterocycles. The van der Waals surface area contributed by atoms with Crippen LogP contribution >= 0.6 is 0 Å². The SMILES string of the molecule is C/C=C/[C@H]1CN(C(=O)OC(C)(C)C)CC[C@@H]1C(=O)OCc1ccccc1. The molecule has 0 unspecified atom stereocenters. The number of carbonyl (C=O) groups excluding carboxylic acids is 2. The van der Waals surface area contributed by atoms with Gasteiger partial charge in [0.1, 0.15) is 12.2 Å². The number of hydrogen-bond donors (Lipinski definition) is 0. The number of rotatable bonds is 4. The molecule has 0 bridgehead atoms. The van der Waals surface area contributed by atoms with E-state index in [1.165, 1.54) is 0 Å². The molecule has 1 fully saturated rings. The highest BCUT2D eigenvalue weighted by Gasteiger charge is 2.36.